The SMILES string of the molecule is CCC(CC)N(CCOC)c1c(C)cccc1N. The monoisotopic (exact) mass is 250 g/mol. The molecular formula is C15H26N2O. The fourth-order valence-electron chi connectivity index (χ4n) is 2.47. The molecule has 0 aliphatic carbocycles. The molecule has 102 valence electrons. The van der Waals surface area contributed by atoms with Crippen molar-refractivity contribution in [3.63, 3.8) is 0 Å². The Labute approximate surface area is 111 Å². The lowest BCUT2D eigenvalue weighted by Crippen LogP contribution is -2.38. The first-order valence-corrected chi connectivity index (χ1v) is 6.76. The second-order valence-corrected chi connectivity index (χ2v) is 4.67. The van der Waals surface area contributed by atoms with E-state index in [-0.39, 0.29) is 0 Å². The van der Waals surface area contributed by atoms with E-state index in [4.69, 9.17) is 10.5 Å². The van der Waals surface area contributed by atoms with Crippen LogP contribution in [0.4, 0.5) is 11.4 Å². The number of para-hydroxylation sites is 1. The van der Waals surface area contributed by atoms with Gasteiger partial charge in [-0.25, -0.2) is 0 Å². The number of aryl methyl sites for hydroxylation is 1. The van der Waals surface area contributed by atoms with Crippen LogP contribution >= 0.6 is 0 Å². The molecule has 0 fully saturated rings. The van der Waals surface area contributed by atoms with Crippen LogP contribution in [0.25, 0.3) is 0 Å². The second kappa shape index (κ2) is 7.27. The topological polar surface area (TPSA) is 38.5 Å². The molecule has 0 amide bonds. The first kappa shape index (κ1) is 14.8. The molecule has 0 atom stereocenters. The summed E-state index contributed by atoms with van der Waals surface area (Å²) in [4.78, 5) is 2.40. The van der Waals surface area contributed by atoms with Gasteiger partial charge in [0.2, 0.25) is 0 Å². The smallest absolute Gasteiger partial charge is 0.0637 e. The molecule has 1 aromatic rings. The van der Waals surface area contributed by atoms with Gasteiger partial charge >= 0.3 is 0 Å². The molecule has 0 aliphatic rings. The Morgan fingerprint density at radius 1 is 1.28 bits per heavy atom. The van der Waals surface area contributed by atoms with Crippen LogP contribution in [0.3, 0.4) is 0 Å². The predicted octanol–water partition coefficient (Wildman–Crippen LogP) is 3.22. The summed E-state index contributed by atoms with van der Waals surface area (Å²) in [5.74, 6) is 0. The third kappa shape index (κ3) is 3.39. The Bertz CT molecular complexity index is 341. The minimum Gasteiger partial charge on any atom is -0.397 e. The fraction of sp³-hybridized carbons (Fsp3) is 0.600. The summed E-state index contributed by atoms with van der Waals surface area (Å²) in [5, 5.41) is 0. The van der Waals surface area contributed by atoms with E-state index in [1.807, 2.05) is 12.1 Å². The van der Waals surface area contributed by atoms with Gasteiger partial charge in [0.1, 0.15) is 0 Å². The van der Waals surface area contributed by atoms with Crippen LogP contribution < -0.4 is 10.6 Å². The normalized spacial score (nSPS) is 10.9. The van der Waals surface area contributed by atoms with Crippen molar-refractivity contribution in [1.82, 2.24) is 0 Å². The zero-order valence-electron chi connectivity index (χ0n) is 12.1. The Kier molecular flexibility index (Phi) is 5.99. The van der Waals surface area contributed by atoms with Crippen LogP contribution in [0.5, 0.6) is 0 Å². The van der Waals surface area contributed by atoms with Crippen LogP contribution in [0.2, 0.25) is 0 Å². The number of hydrogen-bond acceptors (Lipinski definition) is 3. The molecule has 0 spiro atoms. The molecule has 18 heavy (non-hydrogen) atoms. The average molecular weight is 250 g/mol. The first-order valence-electron chi connectivity index (χ1n) is 6.76. The minimum absolute atomic E-state index is 0.517. The van der Waals surface area contributed by atoms with Gasteiger partial charge in [0, 0.05) is 19.7 Å². The summed E-state index contributed by atoms with van der Waals surface area (Å²) < 4.78 is 5.23. The molecule has 2 N–H and O–H groups in total. The molecule has 0 heterocycles. The van der Waals surface area contributed by atoms with E-state index in [2.05, 4.69) is 31.7 Å². The summed E-state index contributed by atoms with van der Waals surface area (Å²) in [6.07, 6.45) is 2.24. The second-order valence-electron chi connectivity index (χ2n) is 4.67. The molecule has 0 bridgehead atoms. The predicted molar refractivity (Wildman–Crippen MR) is 79.2 cm³/mol. The highest BCUT2D eigenvalue weighted by Gasteiger charge is 2.19. The van der Waals surface area contributed by atoms with Crippen molar-refractivity contribution in [1.29, 1.82) is 0 Å². The number of nitrogens with zero attached hydrogens (tertiary/aromatic N) is 1. The summed E-state index contributed by atoms with van der Waals surface area (Å²) in [7, 11) is 1.74. The number of rotatable bonds is 7. The van der Waals surface area contributed by atoms with Gasteiger partial charge in [-0.05, 0) is 31.4 Å². The quantitative estimate of drug-likeness (QED) is 0.755. The van der Waals surface area contributed by atoms with E-state index in [1.165, 1.54) is 11.3 Å². The van der Waals surface area contributed by atoms with E-state index < -0.39 is 0 Å². The maximum absolute atomic E-state index is 6.16. The molecule has 3 heteroatoms. The highest BCUT2D eigenvalue weighted by molar-refractivity contribution is 5.71. The number of benzene rings is 1. The van der Waals surface area contributed by atoms with Crippen molar-refractivity contribution in [3.8, 4) is 0 Å². The fourth-order valence-corrected chi connectivity index (χ4v) is 2.47. The van der Waals surface area contributed by atoms with E-state index in [9.17, 15) is 0 Å². The van der Waals surface area contributed by atoms with Gasteiger partial charge in [-0.2, -0.15) is 0 Å². The van der Waals surface area contributed by atoms with E-state index in [0.29, 0.717) is 6.04 Å². The Morgan fingerprint density at radius 2 is 1.94 bits per heavy atom. The maximum atomic E-state index is 6.16. The Morgan fingerprint density at radius 3 is 2.44 bits per heavy atom. The molecule has 0 radical (unpaired) electrons. The van der Waals surface area contributed by atoms with Crippen LogP contribution in [0, 0.1) is 6.92 Å². The van der Waals surface area contributed by atoms with Crippen molar-refractivity contribution < 1.29 is 4.74 Å². The Balaban J connectivity index is 3.08. The number of ether oxygens (including phenoxy) is 1. The molecule has 0 saturated carbocycles. The number of nitrogens with two attached hydrogens (primary N) is 1. The number of nitrogen functional groups attached to an aromatic ring is 1. The number of anilines is 2. The van der Waals surface area contributed by atoms with Gasteiger partial charge in [-0.3, -0.25) is 0 Å². The van der Waals surface area contributed by atoms with E-state index in [1.54, 1.807) is 7.11 Å². The lowest BCUT2D eigenvalue weighted by Gasteiger charge is -2.34. The lowest BCUT2D eigenvalue weighted by molar-refractivity contribution is 0.202. The van der Waals surface area contributed by atoms with Gasteiger partial charge in [-0.15, -0.1) is 0 Å². The van der Waals surface area contributed by atoms with Crippen molar-refractivity contribution in [2.24, 2.45) is 0 Å². The molecule has 1 rings (SSSR count). The third-order valence-electron chi connectivity index (χ3n) is 3.48. The average Bonchev–Trinajstić information content (AvgIpc) is 2.36. The van der Waals surface area contributed by atoms with Gasteiger partial charge in [0.05, 0.1) is 18.0 Å². The van der Waals surface area contributed by atoms with Gasteiger partial charge in [0.25, 0.3) is 0 Å². The van der Waals surface area contributed by atoms with Crippen molar-refractivity contribution in [3.05, 3.63) is 23.8 Å². The summed E-state index contributed by atoms with van der Waals surface area (Å²) >= 11 is 0. The van der Waals surface area contributed by atoms with Crippen molar-refractivity contribution in [2.75, 3.05) is 30.9 Å². The zero-order valence-corrected chi connectivity index (χ0v) is 12.1. The Hall–Kier alpha value is -1.22. The van der Waals surface area contributed by atoms with Crippen LogP contribution in [-0.2, 0) is 4.74 Å². The maximum Gasteiger partial charge on any atom is 0.0637 e. The van der Waals surface area contributed by atoms with Crippen LogP contribution in [0.1, 0.15) is 32.3 Å². The van der Waals surface area contributed by atoms with Crippen LogP contribution in [-0.4, -0.2) is 26.3 Å². The van der Waals surface area contributed by atoms with Crippen molar-refractivity contribution in [2.45, 2.75) is 39.7 Å². The standard InChI is InChI=1S/C15H26N2O/c1-5-13(6-2)17(10-11-18-4)15-12(3)8-7-9-14(15)16/h7-9,13H,5-6,10-11,16H2,1-4H3. The molecule has 0 saturated heterocycles. The van der Waals surface area contributed by atoms with Gasteiger partial charge in [-0.1, -0.05) is 26.0 Å². The number of hydrogen-bond donors (Lipinski definition) is 1. The largest absolute Gasteiger partial charge is 0.397 e. The summed E-state index contributed by atoms with van der Waals surface area (Å²) in [5.41, 5.74) is 9.42. The highest BCUT2D eigenvalue weighted by atomic mass is 16.5. The molecule has 0 aromatic heterocycles. The molecular weight excluding hydrogens is 224 g/mol. The van der Waals surface area contributed by atoms with Gasteiger partial charge in [0.15, 0.2) is 0 Å². The molecule has 0 aliphatic heterocycles. The summed E-state index contributed by atoms with van der Waals surface area (Å²) in [6.45, 7) is 8.18. The zero-order chi connectivity index (χ0) is 13.5. The number of methoxy groups -OCH3 is 1. The highest BCUT2D eigenvalue weighted by Crippen LogP contribution is 2.30. The molecule has 0 unspecified atom stereocenters. The van der Waals surface area contributed by atoms with E-state index in [0.717, 1.165) is 31.7 Å². The van der Waals surface area contributed by atoms with Crippen molar-refractivity contribution >= 4 is 11.4 Å². The van der Waals surface area contributed by atoms with Gasteiger partial charge < -0.3 is 15.4 Å². The van der Waals surface area contributed by atoms with E-state index >= 15 is 0 Å². The molecule has 1 aromatic carbocycles. The third-order valence-corrected chi connectivity index (χ3v) is 3.48. The molecule has 3 nitrogen and oxygen atoms in total. The van der Waals surface area contributed by atoms with Crippen LogP contribution in [0.15, 0.2) is 18.2 Å². The minimum atomic E-state index is 0.517. The lowest BCUT2D eigenvalue weighted by atomic mass is 10.1. The summed E-state index contributed by atoms with van der Waals surface area (Å²) in [6, 6.07) is 6.62. The first-order chi connectivity index (χ1) is 8.65.